The zero-order valence-corrected chi connectivity index (χ0v) is 11.8. The van der Waals surface area contributed by atoms with E-state index < -0.39 is 18.1 Å². The summed E-state index contributed by atoms with van der Waals surface area (Å²) in [6.07, 6.45) is 0.565. The molecular weight excluding hydrogens is 276 g/mol. The molecule has 0 aliphatic carbocycles. The lowest BCUT2D eigenvalue weighted by molar-refractivity contribution is -0.139. The van der Waals surface area contributed by atoms with Gasteiger partial charge in [0.1, 0.15) is 12.1 Å². The molecule has 0 aromatic heterocycles. The molecule has 1 aromatic rings. The van der Waals surface area contributed by atoms with Gasteiger partial charge in [0.2, 0.25) is 12.7 Å². The molecule has 2 aliphatic rings. The van der Waals surface area contributed by atoms with Crippen molar-refractivity contribution in [2.75, 3.05) is 17.0 Å². The minimum absolute atomic E-state index is 0.123. The molecule has 2 aliphatic heterocycles. The van der Waals surface area contributed by atoms with Gasteiger partial charge < -0.3 is 19.9 Å². The second-order valence-electron chi connectivity index (χ2n) is 5.05. The Bertz CT molecular complexity index is 616. The fourth-order valence-electron chi connectivity index (χ4n) is 2.57. The highest BCUT2D eigenvalue weighted by Crippen LogP contribution is 2.44. The monoisotopic (exact) mass is 292 g/mol. The highest BCUT2D eigenvalue weighted by Gasteiger charge is 2.38. The first-order valence-corrected chi connectivity index (χ1v) is 6.79. The maximum absolute atomic E-state index is 12.5. The molecule has 0 saturated carbocycles. The molecule has 2 unspecified atom stereocenters. The third-order valence-electron chi connectivity index (χ3n) is 3.77. The van der Waals surface area contributed by atoms with E-state index in [9.17, 15) is 14.7 Å². The van der Waals surface area contributed by atoms with Crippen molar-refractivity contribution < 1.29 is 24.2 Å². The van der Waals surface area contributed by atoms with E-state index in [0.29, 0.717) is 29.3 Å². The van der Waals surface area contributed by atoms with E-state index in [-0.39, 0.29) is 12.7 Å². The minimum Gasteiger partial charge on any atom is -0.480 e. The maximum atomic E-state index is 12.5. The molecule has 0 spiro atoms. The van der Waals surface area contributed by atoms with Gasteiger partial charge in [-0.1, -0.05) is 6.92 Å². The van der Waals surface area contributed by atoms with Crippen LogP contribution in [0.25, 0.3) is 0 Å². The van der Waals surface area contributed by atoms with Gasteiger partial charge in [-0.2, -0.15) is 0 Å². The first kappa shape index (κ1) is 13.5. The SMILES string of the molecule is CCC1Nc2cc3c(cc2N(C(C)C(=O)O)C1=O)OCO3. The molecule has 3 rings (SSSR count). The van der Waals surface area contributed by atoms with Crippen LogP contribution in [0.15, 0.2) is 12.1 Å². The Morgan fingerprint density at radius 1 is 1.48 bits per heavy atom. The molecule has 7 heteroatoms. The first-order valence-electron chi connectivity index (χ1n) is 6.79. The number of carboxylic acids is 1. The molecule has 2 heterocycles. The van der Waals surface area contributed by atoms with Crippen molar-refractivity contribution in [2.45, 2.75) is 32.4 Å². The van der Waals surface area contributed by atoms with Gasteiger partial charge in [0.05, 0.1) is 11.4 Å². The number of amides is 1. The summed E-state index contributed by atoms with van der Waals surface area (Å²) in [7, 11) is 0. The summed E-state index contributed by atoms with van der Waals surface area (Å²) in [4.78, 5) is 25.1. The zero-order valence-electron chi connectivity index (χ0n) is 11.8. The molecule has 1 amide bonds. The molecule has 2 N–H and O–H groups in total. The van der Waals surface area contributed by atoms with Crippen LogP contribution in [-0.4, -0.2) is 35.9 Å². The van der Waals surface area contributed by atoms with Crippen LogP contribution < -0.4 is 19.7 Å². The topological polar surface area (TPSA) is 88.1 Å². The smallest absolute Gasteiger partial charge is 0.326 e. The number of carboxylic acid groups (broad SMARTS) is 1. The Hall–Kier alpha value is -2.44. The maximum Gasteiger partial charge on any atom is 0.326 e. The number of benzene rings is 1. The number of carbonyl (C=O) groups excluding carboxylic acids is 1. The lowest BCUT2D eigenvalue weighted by atomic mass is 10.0. The number of ether oxygens (including phenoxy) is 2. The molecular formula is C14H16N2O5. The number of hydrogen-bond acceptors (Lipinski definition) is 5. The van der Waals surface area contributed by atoms with E-state index in [4.69, 9.17) is 9.47 Å². The number of aliphatic carboxylic acids is 1. The van der Waals surface area contributed by atoms with Crippen LogP contribution in [0.4, 0.5) is 11.4 Å². The van der Waals surface area contributed by atoms with Gasteiger partial charge in [-0.25, -0.2) is 4.79 Å². The van der Waals surface area contributed by atoms with Crippen molar-refractivity contribution in [3.05, 3.63) is 12.1 Å². The summed E-state index contributed by atoms with van der Waals surface area (Å²) >= 11 is 0. The molecule has 112 valence electrons. The van der Waals surface area contributed by atoms with E-state index in [1.807, 2.05) is 6.92 Å². The standard InChI is InChI=1S/C14H16N2O5/c1-3-8-13(17)16(7(2)14(18)19)10-5-12-11(20-6-21-12)4-9(10)15-8/h4-5,7-8,15H,3,6H2,1-2H3,(H,18,19). The Morgan fingerprint density at radius 3 is 2.76 bits per heavy atom. The highest BCUT2D eigenvalue weighted by atomic mass is 16.7. The highest BCUT2D eigenvalue weighted by molar-refractivity contribution is 6.08. The van der Waals surface area contributed by atoms with E-state index >= 15 is 0 Å². The van der Waals surface area contributed by atoms with E-state index in [1.165, 1.54) is 11.8 Å². The van der Waals surface area contributed by atoms with Gasteiger partial charge in [-0.3, -0.25) is 9.69 Å². The molecule has 0 radical (unpaired) electrons. The zero-order chi connectivity index (χ0) is 15.1. The number of hydrogen-bond donors (Lipinski definition) is 2. The van der Waals surface area contributed by atoms with Crippen molar-refractivity contribution in [3.63, 3.8) is 0 Å². The fourth-order valence-corrected chi connectivity index (χ4v) is 2.57. The molecule has 0 fully saturated rings. The molecule has 0 bridgehead atoms. The molecule has 21 heavy (non-hydrogen) atoms. The summed E-state index contributed by atoms with van der Waals surface area (Å²) < 4.78 is 10.6. The van der Waals surface area contributed by atoms with Crippen LogP contribution in [-0.2, 0) is 9.59 Å². The minimum atomic E-state index is -1.05. The fraction of sp³-hybridized carbons (Fsp3) is 0.429. The number of fused-ring (bicyclic) bond motifs is 2. The van der Waals surface area contributed by atoms with Crippen LogP contribution in [0.5, 0.6) is 11.5 Å². The van der Waals surface area contributed by atoms with Crippen LogP contribution in [0.2, 0.25) is 0 Å². The largest absolute Gasteiger partial charge is 0.480 e. The Balaban J connectivity index is 2.11. The third-order valence-corrected chi connectivity index (χ3v) is 3.77. The van der Waals surface area contributed by atoms with Crippen LogP contribution in [0.3, 0.4) is 0 Å². The average molecular weight is 292 g/mol. The van der Waals surface area contributed by atoms with E-state index in [2.05, 4.69) is 5.32 Å². The van der Waals surface area contributed by atoms with Crippen LogP contribution in [0, 0.1) is 0 Å². The molecule has 2 atom stereocenters. The number of nitrogens with one attached hydrogen (secondary N) is 1. The second-order valence-corrected chi connectivity index (χ2v) is 5.05. The van der Waals surface area contributed by atoms with Crippen molar-refractivity contribution in [1.29, 1.82) is 0 Å². The third kappa shape index (κ3) is 2.05. The van der Waals surface area contributed by atoms with Crippen LogP contribution >= 0.6 is 0 Å². The number of rotatable bonds is 3. The summed E-state index contributed by atoms with van der Waals surface area (Å²) in [5, 5.41) is 12.4. The lowest BCUT2D eigenvalue weighted by Gasteiger charge is -2.37. The number of nitrogens with zero attached hydrogens (tertiary/aromatic N) is 1. The van der Waals surface area contributed by atoms with Gasteiger partial charge >= 0.3 is 5.97 Å². The molecule has 0 saturated heterocycles. The number of anilines is 2. The first-order chi connectivity index (χ1) is 10.0. The van der Waals surface area contributed by atoms with Gasteiger partial charge in [-0.05, 0) is 13.3 Å². The van der Waals surface area contributed by atoms with Gasteiger partial charge in [0.25, 0.3) is 0 Å². The van der Waals surface area contributed by atoms with Crippen LogP contribution in [0.1, 0.15) is 20.3 Å². The second kappa shape index (κ2) is 4.83. The number of carbonyl (C=O) groups is 2. The van der Waals surface area contributed by atoms with Crippen molar-refractivity contribution in [1.82, 2.24) is 0 Å². The van der Waals surface area contributed by atoms with E-state index in [1.54, 1.807) is 12.1 Å². The predicted molar refractivity (Wildman–Crippen MR) is 74.9 cm³/mol. The van der Waals surface area contributed by atoms with Crippen molar-refractivity contribution in [3.8, 4) is 11.5 Å². The molecule has 1 aromatic carbocycles. The Labute approximate surface area is 121 Å². The average Bonchev–Trinajstić information content (AvgIpc) is 2.91. The summed E-state index contributed by atoms with van der Waals surface area (Å²) in [5.41, 5.74) is 1.18. The summed E-state index contributed by atoms with van der Waals surface area (Å²) in [6, 6.07) is 2.00. The Morgan fingerprint density at radius 2 is 2.14 bits per heavy atom. The Kier molecular flexibility index (Phi) is 3.12. The van der Waals surface area contributed by atoms with Gasteiger partial charge in [0.15, 0.2) is 11.5 Å². The molecule has 7 nitrogen and oxygen atoms in total. The summed E-state index contributed by atoms with van der Waals surface area (Å²) in [5.74, 6) is -0.197. The van der Waals surface area contributed by atoms with Gasteiger partial charge in [0, 0.05) is 12.1 Å². The van der Waals surface area contributed by atoms with E-state index in [0.717, 1.165) is 0 Å². The van der Waals surface area contributed by atoms with Gasteiger partial charge in [-0.15, -0.1) is 0 Å². The van der Waals surface area contributed by atoms with Crippen molar-refractivity contribution >= 4 is 23.3 Å². The quantitative estimate of drug-likeness (QED) is 0.876. The lowest BCUT2D eigenvalue weighted by Crippen LogP contribution is -2.53. The summed E-state index contributed by atoms with van der Waals surface area (Å²) in [6.45, 7) is 3.49. The predicted octanol–water partition coefficient (Wildman–Crippen LogP) is 1.43. The normalized spacial score (nSPS) is 20.8. The van der Waals surface area contributed by atoms with Crippen molar-refractivity contribution in [2.24, 2.45) is 0 Å².